The second-order valence-electron chi connectivity index (χ2n) is 11.4. The van der Waals surface area contributed by atoms with E-state index in [1.165, 1.54) is 44.8 Å². The van der Waals surface area contributed by atoms with E-state index >= 15 is 4.39 Å². The van der Waals surface area contributed by atoms with E-state index in [4.69, 9.17) is 13.6 Å². The Morgan fingerprint density at radius 1 is 1.36 bits per heavy atom. The first-order valence-electron chi connectivity index (χ1n) is 14.9. The standard InChI is InChI=1S/C29H27FN8O6/c1-28(2,3)44-27(42)37(4)24-21-13(19(12-39)35-36-25(21)40)8-17(33-24)15-11-32-38(5)22(15)20-14(10-31)23-18(9-16(20)30)34-26(41)29(43-23)6-7-29/h8-9,11,39H,6-7,12H2,1-5H3,(H,34,41)(H,36,40)/i4D3. The number of rotatable bonds is 4. The molecule has 1 aromatic carbocycles. The lowest BCUT2D eigenvalue weighted by Crippen LogP contribution is -2.39. The fraction of sp³-hybridized carbons (Fsp3) is 0.345. The van der Waals surface area contributed by atoms with Crippen LogP contribution in [0.1, 0.15) is 49.0 Å². The van der Waals surface area contributed by atoms with Crippen LogP contribution in [0.5, 0.6) is 5.75 Å². The number of aliphatic hydroxyl groups excluding tert-OH is 1. The van der Waals surface area contributed by atoms with Crippen LogP contribution < -0.4 is 20.5 Å². The minimum absolute atomic E-state index is 0.00829. The summed E-state index contributed by atoms with van der Waals surface area (Å²) in [7, 11) is 1.46. The van der Waals surface area contributed by atoms with Gasteiger partial charge < -0.3 is 19.9 Å². The quantitative estimate of drug-likeness (QED) is 0.312. The van der Waals surface area contributed by atoms with Crippen molar-refractivity contribution in [3.8, 4) is 34.3 Å². The molecule has 0 atom stereocenters. The summed E-state index contributed by atoms with van der Waals surface area (Å²) in [4.78, 5) is 43.7. The molecule has 1 spiro atoms. The average molecular weight is 606 g/mol. The summed E-state index contributed by atoms with van der Waals surface area (Å²) in [5.74, 6) is -2.05. The van der Waals surface area contributed by atoms with Crippen LogP contribution in [0.2, 0.25) is 0 Å². The van der Waals surface area contributed by atoms with E-state index in [1.54, 1.807) is 0 Å². The highest BCUT2D eigenvalue weighted by molar-refractivity contribution is 6.05. The Balaban J connectivity index is 1.65. The number of aryl methyl sites for hydroxylation is 1. The maximum Gasteiger partial charge on any atom is 0.415 e. The molecule has 0 bridgehead atoms. The first-order chi connectivity index (χ1) is 22.0. The molecule has 3 N–H and O–H groups in total. The third kappa shape index (κ3) is 4.51. The number of aliphatic hydroxyl groups is 1. The highest BCUT2D eigenvalue weighted by Crippen LogP contribution is 2.51. The predicted molar refractivity (Wildman–Crippen MR) is 154 cm³/mol. The normalized spacial score (nSPS) is 16.2. The Morgan fingerprint density at radius 2 is 2.11 bits per heavy atom. The number of H-pyrrole nitrogens is 1. The molecule has 2 aliphatic rings. The number of fused-ring (bicyclic) bond motifs is 2. The maximum atomic E-state index is 16.0. The first-order valence-corrected chi connectivity index (χ1v) is 13.4. The number of halogens is 1. The number of hydrogen-bond acceptors (Lipinski definition) is 10. The number of carbonyl (C=O) groups is 2. The van der Waals surface area contributed by atoms with E-state index in [9.17, 15) is 24.8 Å². The van der Waals surface area contributed by atoms with Crippen LogP contribution in [-0.2, 0) is 23.2 Å². The number of nitriles is 1. The Labute approximate surface area is 253 Å². The number of aromatic nitrogens is 5. The number of anilines is 2. The van der Waals surface area contributed by atoms with Crippen molar-refractivity contribution in [2.24, 2.45) is 7.05 Å². The lowest BCUT2D eigenvalue weighted by Gasteiger charge is -2.27. The molecular formula is C29H27FN8O6. The first kappa shape index (κ1) is 25.2. The highest BCUT2D eigenvalue weighted by Gasteiger charge is 2.56. The van der Waals surface area contributed by atoms with Crippen molar-refractivity contribution < 1.29 is 32.7 Å². The smallest absolute Gasteiger partial charge is 0.415 e. The van der Waals surface area contributed by atoms with Gasteiger partial charge in [-0.05, 0) is 26.8 Å². The molecule has 226 valence electrons. The fourth-order valence-electron chi connectivity index (χ4n) is 5.04. The Bertz CT molecular complexity index is 2110. The van der Waals surface area contributed by atoms with Gasteiger partial charge in [-0.15, -0.1) is 0 Å². The van der Waals surface area contributed by atoms with Crippen LogP contribution in [-0.4, -0.2) is 60.2 Å². The Hall–Kier alpha value is -5.36. The lowest BCUT2D eigenvalue weighted by atomic mass is 9.96. The van der Waals surface area contributed by atoms with Crippen molar-refractivity contribution in [3.63, 3.8) is 0 Å². The van der Waals surface area contributed by atoms with Crippen molar-refractivity contribution in [1.82, 2.24) is 25.0 Å². The molecule has 15 heteroatoms. The summed E-state index contributed by atoms with van der Waals surface area (Å²) in [6, 6.07) is 4.29. The molecule has 0 radical (unpaired) electrons. The van der Waals surface area contributed by atoms with Crippen molar-refractivity contribution in [2.75, 3.05) is 17.2 Å². The van der Waals surface area contributed by atoms with E-state index in [2.05, 4.69) is 25.6 Å². The van der Waals surface area contributed by atoms with Gasteiger partial charge in [-0.3, -0.25) is 19.2 Å². The van der Waals surface area contributed by atoms with Crippen molar-refractivity contribution in [2.45, 2.75) is 51.4 Å². The van der Waals surface area contributed by atoms with Crippen molar-refractivity contribution >= 4 is 34.3 Å². The van der Waals surface area contributed by atoms with Gasteiger partial charge in [-0.25, -0.2) is 19.3 Å². The molecular weight excluding hydrogens is 575 g/mol. The largest absolute Gasteiger partial charge is 0.474 e. The minimum atomic E-state index is -3.23. The number of pyridine rings is 1. The van der Waals surface area contributed by atoms with E-state index in [-0.39, 0.29) is 55.5 Å². The molecule has 1 saturated carbocycles. The molecule has 0 saturated heterocycles. The number of nitrogens with one attached hydrogen (secondary N) is 2. The highest BCUT2D eigenvalue weighted by atomic mass is 19.1. The molecule has 1 aliphatic heterocycles. The van der Waals surface area contributed by atoms with Crippen LogP contribution in [0.4, 0.5) is 20.7 Å². The molecule has 1 aliphatic carbocycles. The zero-order valence-corrected chi connectivity index (χ0v) is 23.9. The molecule has 14 nitrogen and oxygen atoms in total. The topological polar surface area (TPSA) is 188 Å². The second kappa shape index (κ2) is 9.85. The van der Waals surface area contributed by atoms with Gasteiger partial charge in [-0.2, -0.15) is 15.5 Å². The monoisotopic (exact) mass is 605 g/mol. The summed E-state index contributed by atoms with van der Waals surface area (Å²) in [5, 5.41) is 32.8. The van der Waals surface area contributed by atoms with Gasteiger partial charge in [-0.1, -0.05) is 0 Å². The third-order valence-electron chi connectivity index (χ3n) is 7.23. The Morgan fingerprint density at radius 3 is 2.75 bits per heavy atom. The van der Waals surface area contributed by atoms with Gasteiger partial charge in [0, 0.05) is 48.0 Å². The van der Waals surface area contributed by atoms with Crippen LogP contribution in [0.25, 0.3) is 33.3 Å². The molecule has 44 heavy (non-hydrogen) atoms. The molecule has 4 heterocycles. The average Bonchev–Trinajstić information content (AvgIpc) is 3.64. The maximum absolute atomic E-state index is 16.0. The van der Waals surface area contributed by atoms with Gasteiger partial charge >= 0.3 is 6.09 Å². The number of hydrogen-bond donors (Lipinski definition) is 3. The van der Waals surface area contributed by atoms with Crippen molar-refractivity contribution in [3.05, 3.63) is 45.8 Å². The summed E-state index contributed by atoms with van der Waals surface area (Å²) in [6.07, 6.45) is 0.741. The van der Waals surface area contributed by atoms with Gasteiger partial charge in [0.15, 0.2) is 17.2 Å². The van der Waals surface area contributed by atoms with Gasteiger partial charge in [0.1, 0.15) is 23.1 Å². The van der Waals surface area contributed by atoms with Gasteiger partial charge in [0.2, 0.25) is 0 Å². The number of amides is 2. The minimum Gasteiger partial charge on any atom is -0.474 e. The van der Waals surface area contributed by atoms with Crippen LogP contribution in [0.15, 0.2) is 23.1 Å². The lowest BCUT2D eigenvalue weighted by molar-refractivity contribution is -0.125. The fourth-order valence-corrected chi connectivity index (χ4v) is 5.04. The zero-order chi connectivity index (χ0) is 34.2. The van der Waals surface area contributed by atoms with E-state index in [0.717, 1.165) is 6.07 Å². The SMILES string of the molecule is [2H]C([2H])([2H])N(C(=O)OC(C)(C)C)c1nc(-c2cnn(C)c2-c2c(F)cc3c(c2C#N)OC2(CC2)C(=O)N3)cc2c(CO)n[nH]c(=O)c12. The third-order valence-corrected chi connectivity index (χ3v) is 7.23. The summed E-state index contributed by atoms with van der Waals surface area (Å²) in [6.45, 7) is 0.624. The van der Waals surface area contributed by atoms with E-state index in [1.807, 2.05) is 6.07 Å². The predicted octanol–water partition coefficient (Wildman–Crippen LogP) is 3.12. The summed E-state index contributed by atoms with van der Waals surface area (Å²) < 4.78 is 53.1. The summed E-state index contributed by atoms with van der Waals surface area (Å²) in [5.41, 5.74) is -3.93. The van der Waals surface area contributed by atoms with Gasteiger partial charge in [0.25, 0.3) is 11.5 Å². The molecule has 2 amide bonds. The molecule has 3 aromatic heterocycles. The number of ether oxygens (including phenoxy) is 2. The van der Waals surface area contributed by atoms with E-state index < -0.39 is 59.4 Å². The van der Waals surface area contributed by atoms with Gasteiger partial charge in [0.05, 0.1) is 46.5 Å². The number of carbonyl (C=O) groups excluding carboxylic acids is 2. The van der Waals surface area contributed by atoms with E-state index in [0.29, 0.717) is 12.8 Å². The molecule has 0 unspecified atom stereocenters. The molecule has 4 aromatic rings. The number of nitrogens with zero attached hydrogens (tertiary/aromatic N) is 6. The van der Waals surface area contributed by atoms with Crippen molar-refractivity contribution in [1.29, 1.82) is 5.26 Å². The van der Waals surface area contributed by atoms with Crippen LogP contribution in [0.3, 0.4) is 0 Å². The second-order valence-corrected chi connectivity index (χ2v) is 11.4. The van der Waals surface area contributed by atoms with Crippen LogP contribution in [0, 0.1) is 17.1 Å². The zero-order valence-electron chi connectivity index (χ0n) is 26.9. The summed E-state index contributed by atoms with van der Waals surface area (Å²) >= 11 is 0. The number of aromatic amines is 1. The molecule has 1 fully saturated rings. The number of benzene rings is 1. The molecule has 6 rings (SSSR count). The Kier molecular flexibility index (Phi) is 5.63. The van der Waals surface area contributed by atoms with Crippen LogP contribution >= 0.6 is 0 Å².